The van der Waals surface area contributed by atoms with Crippen LogP contribution in [0.2, 0.25) is 0 Å². The molecule has 0 N–H and O–H groups in total. The summed E-state index contributed by atoms with van der Waals surface area (Å²) in [5.74, 6) is -0.302. The zero-order valence-corrected chi connectivity index (χ0v) is 14.3. The van der Waals surface area contributed by atoms with Crippen LogP contribution in [-0.4, -0.2) is 25.8 Å². The van der Waals surface area contributed by atoms with E-state index in [0.717, 1.165) is 12.8 Å². The summed E-state index contributed by atoms with van der Waals surface area (Å²) in [6.45, 7) is 6.58. The molecule has 0 spiro atoms. The maximum absolute atomic E-state index is 14.1. The minimum absolute atomic E-state index is 0.155. The van der Waals surface area contributed by atoms with Gasteiger partial charge in [-0.05, 0) is 23.6 Å². The van der Waals surface area contributed by atoms with Crippen molar-refractivity contribution in [2.24, 2.45) is 5.92 Å². The molecule has 120 valence electrons. The van der Waals surface area contributed by atoms with E-state index in [1.54, 1.807) is 13.0 Å². The summed E-state index contributed by atoms with van der Waals surface area (Å²) in [6, 6.07) is 4.04. The van der Waals surface area contributed by atoms with Crippen molar-refractivity contribution < 1.29 is 12.8 Å². The largest absolute Gasteiger partial charge is 0.245 e. The molecule has 0 unspecified atom stereocenters. The van der Waals surface area contributed by atoms with Gasteiger partial charge >= 0.3 is 0 Å². The number of benzene rings is 1. The maximum Gasteiger partial charge on any atom is 0.245 e. The van der Waals surface area contributed by atoms with Crippen LogP contribution < -0.4 is 0 Å². The Labute approximate surface area is 132 Å². The molecule has 0 atom stereocenters. The average Bonchev–Trinajstić information content (AvgIpc) is 2.47. The van der Waals surface area contributed by atoms with E-state index in [9.17, 15) is 12.8 Å². The fourth-order valence-corrected chi connectivity index (χ4v) is 3.94. The van der Waals surface area contributed by atoms with Crippen LogP contribution in [0.3, 0.4) is 0 Å². The predicted molar refractivity (Wildman–Crippen MR) is 84.5 cm³/mol. The molecule has 1 aromatic rings. The van der Waals surface area contributed by atoms with Gasteiger partial charge in [0, 0.05) is 19.0 Å². The highest BCUT2D eigenvalue weighted by atomic mass is 35.5. The van der Waals surface area contributed by atoms with Gasteiger partial charge in [-0.25, -0.2) is 12.8 Å². The molecule has 0 aliphatic heterocycles. The second kappa shape index (κ2) is 8.11. The third kappa shape index (κ3) is 4.41. The number of hydrogen-bond acceptors (Lipinski definition) is 2. The summed E-state index contributed by atoms with van der Waals surface area (Å²) in [5, 5.41) is 0. The topological polar surface area (TPSA) is 37.4 Å². The Hall–Kier alpha value is -0.650. The van der Waals surface area contributed by atoms with Gasteiger partial charge in [0.05, 0.1) is 0 Å². The van der Waals surface area contributed by atoms with E-state index in [4.69, 9.17) is 11.6 Å². The number of sulfonamides is 1. The number of hydrogen-bond donors (Lipinski definition) is 0. The van der Waals surface area contributed by atoms with Gasteiger partial charge in [-0.3, -0.25) is 0 Å². The Bertz CT molecular complexity index is 559. The van der Waals surface area contributed by atoms with E-state index in [1.807, 2.05) is 13.8 Å². The van der Waals surface area contributed by atoms with Gasteiger partial charge in [0.1, 0.15) is 10.7 Å². The van der Waals surface area contributed by atoms with Crippen LogP contribution in [0.4, 0.5) is 4.39 Å². The molecule has 0 fully saturated rings. The zero-order valence-electron chi connectivity index (χ0n) is 12.8. The molecule has 3 nitrogen and oxygen atoms in total. The lowest BCUT2D eigenvalue weighted by atomic mass is 10.0. The number of alkyl halides is 1. The van der Waals surface area contributed by atoms with Gasteiger partial charge in [-0.1, -0.05) is 39.7 Å². The highest BCUT2D eigenvalue weighted by Gasteiger charge is 2.27. The molecule has 0 radical (unpaired) electrons. The highest BCUT2D eigenvalue weighted by Crippen LogP contribution is 2.23. The smallest absolute Gasteiger partial charge is 0.207 e. The van der Waals surface area contributed by atoms with Crippen molar-refractivity contribution >= 4 is 21.6 Å². The standard InChI is InChI=1S/C15H23ClFNO2S/c1-4-12(5-2)11-18(6-3)21(19,20)15-8-7-13(10-16)9-14(15)17/h7-9,12H,4-6,10-11H2,1-3H3. The molecule has 0 bridgehead atoms. The Balaban J connectivity index is 3.12. The van der Waals surface area contributed by atoms with Gasteiger partial charge in [-0.15, -0.1) is 11.6 Å². The lowest BCUT2D eigenvalue weighted by Gasteiger charge is -2.25. The molecule has 0 aliphatic carbocycles. The first kappa shape index (κ1) is 18.4. The summed E-state index contributed by atoms with van der Waals surface area (Å²) < 4.78 is 40.6. The molecular formula is C15H23ClFNO2S. The molecule has 0 amide bonds. The summed E-state index contributed by atoms with van der Waals surface area (Å²) >= 11 is 5.64. The van der Waals surface area contributed by atoms with Gasteiger partial charge in [-0.2, -0.15) is 4.31 Å². The van der Waals surface area contributed by atoms with Crippen molar-refractivity contribution in [3.8, 4) is 0 Å². The Morgan fingerprint density at radius 2 is 1.86 bits per heavy atom. The second-order valence-corrected chi connectivity index (χ2v) is 7.21. The third-order valence-corrected chi connectivity index (χ3v) is 6.02. The van der Waals surface area contributed by atoms with Gasteiger partial charge < -0.3 is 0 Å². The van der Waals surface area contributed by atoms with Crippen molar-refractivity contribution in [1.29, 1.82) is 0 Å². The zero-order chi connectivity index (χ0) is 16.0. The lowest BCUT2D eigenvalue weighted by molar-refractivity contribution is 0.338. The summed E-state index contributed by atoms with van der Waals surface area (Å²) in [5.41, 5.74) is 0.566. The summed E-state index contributed by atoms with van der Waals surface area (Å²) in [7, 11) is -3.81. The summed E-state index contributed by atoms with van der Waals surface area (Å²) in [6.07, 6.45) is 1.80. The Morgan fingerprint density at radius 3 is 2.29 bits per heavy atom. The van der Waals surface area contributed by atoms with Crippen molar-refractivity contribution in [3.05, 3.63) is 29.6 Å². The van der Waals surface area contributed by atoms with E-state index in [-0.39, 0.29) is 16.7 Å². The van der Waals surface area contributed by atoms with Crippen LogP contribution >= 0.6 is 11.6 Å². The quantitative estimate of drug-likeness (QED) is 0.673. The van der Waals surface area contributed by atoms with E-state index in [1.165, 1.54) is 16.4 Å². The Kier molecular flexibility index (Phi) is 7.10. The monoisotopic (exact) mass is 335 g/mol. The van der Waals surface area contributed by atoms with Gasteiger partial charge in [0.2, 0.25) is 10.0 Å². The molecule has 21 heavy (non-hydrogen) atoms. The van der Waals surface area contributed by atoms with Gasteiger partial charge in [0.25, 0.3) is 0 Å². The van der Waals surface area contributed by atoms with Crippen LogP contribution in [-0.2, 0) is 15.9 Å². The van der Waals surface area contributed by atoms with Crippen molar-refractivity contribution in [1.82, 2.24) is 4.31 Å². The molecule has 0 heterocycles. The minimum Gasteiger partial charge on any atom is -0.207 e. The highest BCUT2D eigenvalue weighted by molar-refractivity contribution is 7.89. The van der Waals surface area contributed by atoms with E-state index in [2.05, 4.69) is 0 Å². The normalized spacial score (nSPS) is 12.3. The first-order valence-electron chi connectivity index (χ1n) is 7.25. The van der Waals surface area contributed by atoms with Crippen LogP contribution in [0.1, 0.15) is 39.2 Å². The molecule has 0 saturated carbocycles. The number of halogens is 2. The van der Waals surface area contributed by atoms with Crippen LogP contribution in [0.25, 0.3) is 0 Å². The predicted octanol–water partition coefficient (Wildman–Crippen LogP) is 4.01. The fraction of sp³-hybridized carbons (Fsp3) is 0.600. The molecule has 0 aliphatic rings. The average molecular weight is 336 g/mol. The summed E-state index contributed by atoms with van der Waals surface area (Å²) in [4.78, 5) is -0.274. The SMILES string of the molecule is CCC(CC)CN(CC)S(=O)(=O)c1ccc(CCl)cc1F. The minimum atomic E-state index is -3.81. The van der Waals surface area contributed by atoms with Crippen LogP contribution in [0, 0.1) is 11.7 Å². The van der Waals surface area contributed by atoms with E-state index in [0.29, 0.717) is 18.7 Å². The van der Waals surface area contributed by atoms with Gasteiger partial charge in [0.15, 0.2) is 0 Å². The Morgan fingerprint density at radius 1 is 1.24 bits per heavy atom. The molecule has 1 aromatic carbocycles. The number of nitrogens with zero attached hydrogens (tertiary/aromatic N) is 1. The molecule has 1 rings (SSSR count). The van der Waals surface area contributed by atoms with E-state index >= 15 is 0 Å². The molecule has 0 saturated heterocycles. The molecule has 6 heteroatoms. The van der Waals surface area contributed by atoms with Crippen molar-refractivity contribution in [3.63, 3.8) is 0 Å². The number of rotatable bonds is 8. The maximum atomic E-state index is 14.1. The lowest BCUT2D eigenvalue weighted by Crippen LogP contribution is -2.35. The van der Waals surface area contributed by atoms with Crippen LogP contribution in [0.15, 0.2) is 23.1 Å². The molecule has 0 aromatic heterocycles. The third-order valence-electron chi connectivity index (χ3n) is 3.74. The van der Waals surface area contributed by atoms with Crippen molar-refractivity contribution in [2.45, 2.75) is 44.4 Å². The fourth-order valence-electron chi connectivity index (χ4n) is 2.21. The second-order valence-electron chi connectivity index (χ2n) is 5.04. The van der Waals surface area contributed by atoms with Crippen LogP contribution in [0.5, 0.6) is 0 Å². The van der Waals surface area contributed by atoms with E-state index < -0.39 is 15.8 Å². The molecular weight excluding hydrogens is 313 g/mol. The first-order chi connectivity index (χ1) is 9.90. The first-order valence-corrected chi connectivity index (χ1v) is 9.22. The van der Waals surface area contributed by atoms with Crippen molar-refractivity contribution in [2.75, 3.05) is 13.1 Å².